The first kappa shape index (κ1) is 20.4. The number of anilines is 1. The summed E-state index contributed by atoms with van der Waals surface area (Å²) < 4.78 is 5.38. The molecule has 0 radical (unpaired) electrons. The Morgan fingerprint density at radius 3 is 2.50 bits per heavy atom. The molecule has 1 N–H and O–H groups in total. The summed E-state index contributed by atoms with van der Waals surface area (Å²) in [6.07, 6.45) is 0.403. The highest BCUT2D eigenvalue weighted by Crippen LogP contribution is 2.18. The number of amides is 1. The molecule has 1 amide bonds. The molecule has 0 saturated carbocycles. The fraction of sp³-hybridized carbons (Fsp3) is 0.435. The molecular weight excluding hydrogens is 350 g/mol. The molecule has 1 heterocycles. The maximum Gasteiger partial charge on any atom is 0.253 e. The summed E-state index contributed by atoms with van der Waals surface area (Å²) in [5, 5.41) is 3.01. The van der Waals surface area contributed by atoms with Gasteiger partial charge in [-0.3, -0.25) is 9.69 Å². The van der Waals surface area contributed by atoms with Crippen LogP contribution in [-0.2, 0) is 9.53 Å². The molecular formula is C23H31N3O2. The van der Waals surface area contributed by atoms with Crippen molar-refractivity contribution in [1.82, 2.24) is 10.2 Å². The van der Waals surface area contributed by atoms with Crippen molar-refractivity contribution in [1.29, 1.82) is 0 Å². The first-order chi connectivity index (χ1) is 13.7. The second-order valence-electron chi connectivity index (χ2n) is 7.34. The summed E-state index contributed by atoms with van der Waals surface area (Å²) in [5.41, 5.74) is 3.51. The van der Waals surface area contributed by atoms with Crippen LogP contribution in [0.1, 0.15) is 23.7 Å². The van der Waals surface area contributed by atoms with Crippen LogP contribution in [0.15, 0.2) is 54.6 Å². The largest absolute Gasteiger partial charge is 0.369 e. The number of rotatable bonds is 8. The number of hydrogen-bond donors (Lipinski definition) is 1. The van der Waals surface area contributed by atoms with Crippen molar-refractivity contribution < 1.29 is 9.53 Å². The molecule has 150 valence electrons. The Bertz CT molecular complexity index is 743. The lowest BCUT2D eigenvalue weighted by Gasteiger charge is -2.36. The second-order valence-corrected chi connectivity index (χ2v) is 7.34. The fourth-order valence-corrected chi connectivity index (χ4v) is 3.68. The van der Waals surface area contributed by atoms with Crippen molar-refractivity contribution in [3.05, 3.63) is 65.7 Å². The number of nitrogens with zero attached hydrogens (tertiary/aromatic N) is 2. The van der Waals surface area contributed by atoms with Crippen molar-refractivity contribution >= 4 is 11.6 Å². The molecule has 1 unspecified atom stereocenters. The van der Waals surface area contributed by atoms with E-state index in [1.807, 2.05) is 30.3 Å². The zero-order valence-corrected chi connectivity index (χ0v) is 16.9. The number of benzene rings is 2. The summed E-state index contributed by atoms with van der Waals surface area (Å²) in [4.78, 5) is 17.3. The molecule has 2 aromatic rings. The Kier molecular flexibility index (Phi) is 7.46. The van der Waals surface area contributed by atoms with Crippen molar-refractivity contribution in [3.8, 4) is 0 Å². The van der Waals surface area contributed by atoms with Crippen LogP contribution in [0, 0.1) is 6.92 Å². The summed E-state index contributed by atoms with van der Waals surface area (Å²) in [5.74, 6) is -0.0713. The predicted molar refractivity (Wildman–Crippen MR) is 114 cm³/mol. The molecule has 5 heteroatoms. The number of carbonyl (C=O) groups is 1. The summed E-state index contributed by atoms with van der Waals surface area (Å²) in [7, 11) is 1.57. The van der Waals surface area contributed by atoms with Crippen LogP contribution in [-0.4, -0.2) is 57.2 Å². The summed E-state index contributed by atoms with van der Waals surface area (Å²) in [6, 6.07) is 18.3. The van der Waals surface area contributed by atoms with Crippen LogP contribution < -0.4 is 10.2 Å². The van der Waals surface area contributed by atoms with E-state index in [0.29, 0.717) is 6.54 Å². The minimum atomic E-state index is -0.543. The highest BCUT2D eigenvalue weighted by Gasteiger charge is 2.20. The second kappa shape index (κ2) is 10.2. The Balaban J connectivity index is 1.36. The Morgan fingerprint density at radius 2 is 1.82 bits per heavy atom. The third-order valence-electron chi connectivity index (χ3n) is 5.27. The first-order valence-electron chi connectivity index (χ1n) is 10.1. The topological polar surface area (TPSA) is 44.8 Å². The molecule has 1 atom stereocenters. The molecule has 1 fully saturated rings. The average Bonchev–Trinajstić information content (AvgIpc) is 2.73. The van der Waals surface area contributed by atoms with E-state index in [9.17, 15) is 4.79 Å². The van der Waals surface area contributed by atoms with Gasteiger partial charge in [0.2, 0.25) is 0 Å². The number of methoxy groups -OCH3 is 1. The highest BCUT2D eigenvalue weighted by atomic mass is 16.5. The van der Waals surface area contributed by atoms with E-state index in [-0.39, 0.29) is 5.91 Å². The van der Waals surface area contributed by atoms with Crippen LogP contribution in [0.5, 0.6) is 0 Å². The van der Waals surface area contributed by atoms with E-state index in [2.05, 4.69) is 46.3 Å². The third-order valence-corrected chi connectivity index (χ3v) is 5.27. The van der Waals surface area contributed by atoms with E-state index in [4.69, 9.17) is 4.74 Å². The minimum Gasteiger partial charge on any atom is -0.369 e. The minimum absolute atomic E-state index is 0.0713. The average molecular weight is 382 g/mol. The van der Waals surface area contributed by atoms with E-state index >= 15 is 0 Å². The summed E-state index contributed by atoms with van der Waals surface area (Å²) >= 11 is 0. The standard InChI is InChI=1S/C23H31N3O2/c1-19-8-6-11-21(18-19)26-16-14-25(15-17-26)13-7-12-24-23(27)22(28-2)20-9-4-3-5-10-20/h3-6,8-11,18,22H,7,12-17H2,1-2H3,(H,24,27). The molecule has 2 aromatic carbocycles. The highest BCUT2D eigenvalue weighted by molar-refractivity contribution is 5.82. The molecule has 0 aromatic heterocycles. The van der Waals surface area contributed by atoms with Crippen molar-refractivity contribution in [3.63, 3.8) is 0 Å². The normalized spacial score (nSPS) is 16.0. The maximum atomic E-state index is 12.4. The zero-order chi connectivity index (χ0) is 19.8. The van der Waals surface area contributed by atoms with Crippen molar-refractivity contribution in [2.45, 2.75) is 19.4 Å². The Hall–Kier alpha value is -2.37. The van der Waals surface area contributed by atoms with E-state index in [1.54, 1.807) is 7.11 Å². The van der Waals surface area contributed by atoms with Gasteiger partial charge in [-0.25, -0.2) is 0 Å². The van der Waals surface area contributed by atoms with E-state index < -0.39 is 6.10 Å². The monoisotopic (exact) mass is 381 g/mol. The SMILES string of the molecule is COC(C(=O)NCCCN1CCN(c2cccc(C)c2)CC1)c1ccccc1. The van der Waals surface area contributed by atoms with E-state index in [0.717, 1.165) is 44.7 Å². The number of aryl methyl sites for hydroxylation is 1. The Morgan fingerprint density at radius 1 is 1.07 bits per heavy atom. The molecule has 1 aliphatic rings. The van der Waals surface area contributed by atoms with Gasteiger partial charge in [0.05, 0.1) is 0 Å². The smallest absolute Gasteiger partial charge is 0.253 e. The van der Waals surface area contributed by atoms with Gasteiger partial charge < -0.3 is 15.0 Å². The number of carbonyl (C=O) groups excluding carboxylic acids is 1. The number of piperazine rings is 1. The van der Waals surface area contributed by atoms with Gasteiger partial charge in [-0.05, 0) is 43.1 Å². The van der Waals surface area contributed by atoms with Crippen molar-refractivity contribution in [2.75, 3.05) is 51.3 Å². The van der Waals surface area contributed by atoms with Gasteiger partial charge in [0.15, 0.2) is 6.10 Å². The number of ether oxygens (including phenoxy) is 1. The first-order valence-corrected chi connectivity index (χ1v) is 10.1. The van der Waals surface area contributed by atoms with Crippen LogP contribution in [0.2, 0.25) is 0 Å². The quantitative estimate of drug-likeness (QED) is 0.714. The molecule has 1 saturated heterocycles. The lowest BCUT2D eigenvalue weighted by molar-refractivity contribution is -0.131. The fourth-order valence-electron chi connectivity index (χ4n) is 3.68. The lowest BCUT2D eigenvalue weighted by Crippen LogP contribution is -2.47. The van der Waals surface area contributed by atoms with Gasteiger partial charge in [-0.1, -0.05) is 42.5 Å². The molecule has 3 rings (SSSR count). The molecule has 0 aliphatic carbocycles. The van der Waals surface area contributed by atoms with Gasteiger partial charge in [0.25, 0.3) is 5.91 Å². The van der Waals surface area contributed by atoms with Gasteiger partial charge in [-0.15, -0.1) is 0 Å². The van der Waals surface area contributed by atoms with Crippen LogP contribution in [0.3, 0.4) is 0 Å². The third kappa shape index (κ3) is 5.57. The maximum absolute atomic E-state index is 12.4. The molecule has 1 aliphatic heterocycles. The van der Waals surface area contributed by atoms with Crippen LogP contribution in [0.25, 0.3) is 0 Å². The molecule has 5 nitrogen and oxygen atoms in total. The Labute approximate surface area is 168 Å². The van der Waals surface area contributed by atoms with Gasteiger partial charge in [-0.2, -0.15) is 0 Å². The summed E-state index contributed by atoms with van der Waals surface area (Å²) in [6.45, 7) is 8.04. The van der Waals surface area contributed by atoms with Crippen LogP contribution in [0.4, 0.5) is 5.69 Å². The van der Waals surface area contributed by atoms with Crippen LogP contribution >= 0.6 is 0 Å². The van der Waals surface area contributed by atoms with Gasteiger partial charge in [0.1, 0.15) is 0 Å². The van der Waals surface area contributed by atoms with Gasteiger partial charge in [0, 0.05) is 45.5 Å². The van der Waals surface area contributed by atoms with Gasteiger partial charge >= 0.3 is 0 Å². The van der Waals surface area contributed by atoms with Crippen molar-refractivity contribution in [2.24, 2.45) is 0 Å². The number of nitrogens with one attached hydrogen (secondary N) is 1. The number of hydrogen-bond acceptors (Lipinski definition) is 4. The predicted octanol–water partition coefficient (Wildman–Crippen LogP) is 3.01. The molecule has 28 heavy (non-hydrogen) atoms. The molecule has 0 bridgehead atoms. The molecule has 0 spiro atoms. The van der Waals surface area contributed by atoms with E-state index in [1.165, 1.54) is 11.3 Å². The zero-order valence-electron chi connectivity index (χ0n) is 16.9. The lowest BCUT2D eigenvalue weighted by atomic mass is 10.1.